The molecule has 5 rings (SSSR count). The van der Waals surface area contributed by atoms with Gasteiger partial charge < -0.3 is 19.2 Å². The van der Waals surface area contributed by atoms with Crippen molar-refractivity contribution in [2.45, 2.75) is 20.5 Å². The number of aryl methyl sites for hydroxylation is 1. The van der Waals surface area contributed by atoms with Crippen LogP contribution in [-0.4, -0.2) is 33.1 Å². The molecule has 3 heterocycles. The number of nitrogens with one attached hydrogen (secondary N) is 1. The molecule has 5 aromatic rings. The monoisotopic (exact) mass is 496 g/mol. The lowest BCUT2D eigenvalue weighted by Crippen LogP contribution is -2.11. The lowest BCUT2D eigenvalue weighted by Gasteiger charge is -2.09. The van der Waals surface area contributed by atoms with E-state index in [9.17, 15) is 9.59 Å². The Morgan fingerprint density at radius 3 is 2.76 bits per heavy atom. The molecule has 0 radical (unpaired) electrons. The second-order valence-corrected chi connectivity index (χ2v) is 8.20. The van der Waals surface area contributed by atoms with E-state index in [4.69, 9.17) is 13.9 Å². The van der Waals surface area contributed by atoms with Crippen LogP contribution in [0.5, 0.6) is 5.75 Å². The van der Waals surface area contributed by atoms with Gasteiger partial charge in [-0.05, 0) is 55.8 Å². The zero-order chi connectivity index (χ0) is 25.8. The van der Waals surface area contributed by atoms with Crippen molar-refractivity contribution in [3.05, 3.63) is 102 Å². The van der Waals surface area contributed by atoms with Gasteiger partial charge in [0.1, 0.15) is 23.7 Å². The molecule has 0 aliphatic carbocycles. The number of ether oxygens (including phenoxy) is 2. The van der Waals surface area contributed by atoms with Gasteiger partial charge in [-0.2, -0.15) is 5.10 Å². The van der Waals surface area contributed by atoms with Crippen molar-refractivity contribution in [1.82, 2.24) is 14.6 Å². The van der Waals surface area contributed by atoms with Gasteiger partial charge in [0.25, 0.3) is 5.91 Å². The predicted molar refractivity (Wildman–Crippen MR) is 137 cm³/mol. The molecule has 1 amide bonds. The van der Waals surface area contributed by atoms with E-state index in [1.54, 1.807) is 41.9 Å². The fraction of sp³-hybridized carbons (Fsp3) is 0.143. The van der Waals surface area contributed by atoms with Crippen molar-refractivity contribution < 1.29 is 23.5 Å². The minimum absolute atomic E-state index is 0.172. The van der Waals surface area contributed by atoms with E-state index in [0.717, 1.165) is 16.9 Å². The highest BCUT2D eigenvalue weighted by Crippen LogP contribution is 2.25. The molecule has 9 nitrogen and oxygen atoms in total. The van der Waals surface area contributed by atoms with Gasteiger partial charge in [0, 0.05) is 17.4 Å². The molecule has 3 aromatic heterocycles. The number of esters is 1. The lowest BCUT2D eigenvalue weighted by molar-refractivity contribution is 0.0528. The highest BCUT2D eigenvalue weighted by atomic mass is 16.5. The molecule has 0 aliphatic rings. The lowest BCUT2D eigenvalue weighted by atomic mass is 10.1. The van der Waals surface area contributed by atoms with E-state index in [1.165, 1.54) is 6.20 Å². The van der Waals surface area contributed by atoms with Gasteiger partial charge in [0.15, 0.2) is 11.4 Å². The first-order valence-corrected chi connectivity index (χ1v) is 11.7. The van der Waals surface area contributed by atoms with Crippen LogP contribution in [0.15, 0.2) is 83.5 Å². The summed E-state index contributed by atoms with van der Waals surface area (Å²) in [6.45, 7) is 4.18. The van der Waals surface area contributed by atoms with Crippen LogP contribution in [0, 0.1) is 6.92 Å². The summed E-state index contributed by atoms with van der Waals surface area (Å²) in [4.78, 5) is 29.3. The molecule has 0 saturated heterocycles. The third-order valence-electron chi connectivity index (χ3n) is 5.66. The van der Waals surface area contributed by atoms with Crippen LogP contribution in [0.4, 0.5) is 5.69 Å². The Balaban J connectivity index is 1.31. The van der Waals surface area contributed by atoms with Crippen molar-refractivity contribution in [1.29, 1.82) is 0 Å². The van der Waals surface area contributed by atoms with Gasteiger partial charge in [-0.25, -0.2) is 14.3 Å². The number of rotatable bonds is 8. The number of anilines is 1. The van der Waals surface area contributed by atoms with Crippen molar-refractivity contribution >= 4 is 23.2 Å². The van der Waals surface area contributed by atoms with Gasteiger partial charge in [-0.15, -0.1) is 0 Å². The van der Waals surface area contributed by atoms with Crippen LogP contribution >= 0.6 is 0 Å². The minimum Gasteiger partial charge on any atom is -0.485 e. The number of furan rings is 1. The van der Waals surface area contributed by atoms with Crippen LogP contribution in [-0.2, 0) is 11.3 Å². The quantitative estimate of drug-likeness (QED) is 0.290. The summed E-state index contributed by atoms with van der Waals surface area (Å²) < 4.78 is 18.2. The number of carbonyl (C=O) groups excluding carboxylic acids is 2. The molecule has 0 atom stereocenters. The summed E-state index contributed by atoms with van der Waals surface area (Å²) in [5, 5.41) is 7.18. The molecule has 0 aliphatic heterocycles. The van der Waals surface area contributed by atoms with Crippen molar-refractivity contribution in [2.75, 3.05) is 11.9 Å². The number of benzene rings is 2. The molecule has 37 heavy (non-hydrogen) atoms. The first-order valence-electron chi connectivity index (χ1n) is 11.7. The SMILES string of the molecule is CCOC(=O)c1cnn2c(-c3cccc(NC(=O)c4ccc(COc5ccccc5C)o4)c3)ccnc12. The average molecular weight is 497 g/mol. The van der Waals surface area contributed by atoms with Crippen molar-refractivity contribution in [3.63, 3.8) is 0 Å². The zero-order valence-electron chi connectivity index (χ0n) is 20.3. The van der Waals surface area contributed by atoms with Crippen molar-refractivity contribution in [3.8, 4) is 17.0 Å². The fourth-order valence-corrected chi connectivity index (χ4v) is 3.86. The maximum Gasteiger partial charge on any atom is 0.343 e. The van der Waals surface area contributed by atoms with E-state index in [-0.39, 0.29) is 30.4 Å². The topological polar surface area (TPSA) is 108 Å². The maximum atomic E-state index is 12.8. The first-order chi connectivity index (χ1) is 18.0. The van der Waals surface area contributed by atoms with E-state index >= 15 is 0 Å². The Labute approximate surface area is 212 Å². The van der Waals surface area contributed by atoms with Gasteiger partial charge in [-0.1, -0.05) is 30.3 Å². The fourth-order valence-electron chi connectivity index (χ4n) is 3.86. The first kappa shape index (κ1) is 23.8. The summed E-state index contributed by atoms with van der Waals surface area (Å²) in [6.07, 6.45) is 3.04. The van der Waals surface area contributed by atoms with Crippen LogP contribution < -0.4 is 10.1 Å². The number of amides is 1. The second-order valence-electron chi connectivity index (χ2n) is 8.20. The Morgan fingerprint density at radius 1 is 1.05 bits per heavy atom. The smallest absolute Gasteiger partial charge is 0.343 e. The molecular weight excluding hydrogens is 472 g/mol. The zero-order valence-corrected chi connectivity index (χ0v) is 20.3. The Morgan fingerprint density at radius 2 is 1.92 bits per heavy atom. The normalized spacial score (nSPS) is 10.9. The van der Waals surface area contributed by atoms with Crippen LogP contribution in [0.2, 0.25) is 0 Å². The summed E-state index contributed by atoms with van der Waals surface area (Å²) >= 11 is 0. The second kappa shape index (κ2) is 10.4. The van der Waals surface area contributed by atoms with Crippen molar-refractivity contribution in [2.24, 2.45) is 0 Å². The molecule has 0 saturated carbocycles. The Hall–Kier alpha value is -4.92. The van der Waals surface area contributed by atoms with Gasteiger partial charge in [-0.3, -0.25) is 4.79 Å². The maximum absolute atomic E-state index is 12.8. The summed E-state index contributed by atoms with van der Waals surface area (Å²) in [5.41, 5.74) is 3.74. The highest BCUT2D eigenvalue weighted by molar-refractivity contribution is 6.02. The number of carbonyl (C=O) groups is 2. The van der Waals surface area contributed by atoms with Gasteiger partial charge in [0.2, 0.25) is 0 Å². The average Bonchev–Trinajstić information content (AvgIpc) is 3.56. The molecule has 2 aromatic carbocycles. The van der Waals surface area contributed by atoms with E-state index in [2.05, 4.69) is 15.4 Å². The molecule has 0 fully saturated rings. The summed E-state index contributed by atoms with van der Waals surface area (Å²) in [5.74, 6) is 0.607. The molecule has 0 spiro atoms. The van der Waals surface area contributed by atoms with Crippen LogP contribution in [0.25, 0.3) is 16.9 Å². The van der Waals surface area contributed by atoms with Gasteiger partial charge >= 0.3 is 5.97 Å². The number of aromatic nitrogens is 3. The Bertz CT molecular complexity index is 1590. The predicted octanol–water partition coefficient (Wildman–Crippen LogP) is 5.31. The number of para-hydroxylation sites is 1. The third-order valence-corrected chi connectivity index (χ3v) is 5.66. The number of hydrogen-bond donors (Lipinski definition) is 1. The third kappa shape index (κ3) is 5.06. The summed E-state index contributed by atoms with van der Waals surface area (Å²) in [7, 11) is 0. The van der Waals surface area contributed by atoms with E-state index in [1.807, 2.05) is 49.4 Å². The number of nitrogens with zero attached hydrogens (tertiary/aromatic N) is 3. The number of hydrogen-bond acceptors (Lipinski definition) is 7. The van der Waals surface area contributed by atoms with E-state index in [0.29, 0.717) is 22.8 Å². The van der Waals surface area contributed by atoms with Crippen LogP contribution in [0.3, 0.4) is 0 Å². The van der Waals surface area contributed by atoms with E-state index < -0.39 is 5.97 Å². The molecule has 9 heteroatoms. The molecular formula is C28H24N4O5. The standard InChI is InChI=1S/C28H24N4O5/c1-3-35-28(34)22-16-30-32-23(13-14-29-26(22)32)19-8-6-9-20(15-19)31-27(33)25-12-11-21(37-25)17-36-24-10-5-4-7-18(24)2/h4-16H,3,17H2,1-2H3,(H,31,33). The summed E-state index contributed by atoms with van der Waals surface area (Å²) in [6, 6.07) is 20.1. The molecule has 1 N–H and O–H groups in total. The molecule has 0 bridgehead atoms. The highest BCUT2D eigenvalue weighted by Gasteiger charge is 2.18. The van der Waals surface area contributed by atoms with Crippen LogP contribution in [0.1, 0.15) is 39.2 Å². The minimum atomic E-state index is -0.481. The molecule has 186 valence electrons. The number of fused-ring (bicyclic) bond motifs is 1. The van der Waals surface area contributed by atoms with Gasteiger partial charge in [0.05, 0.1) is 18.5 Å². The Kier molecular flexibility index (Phi) is 6.67. The largest absolute Gasteiger partial charge is 0.485 e. The molecule has 0 unspecified atom stereocenters.